The molecule has 0 atom stereocenters. The number of furan rings is 1. The number of hydrogen-bond acceptors (Lipinski definition) is 1. The lowest BCUT2D eigenvalue weighted by Gasteiger charge is -1.99. The average Bonchev–Trinajstić information content (AvgIpc) is 2.86. The minimum absolute atomic E-state index is 0.975. The Morgan fingerprint density at radius 1 is 0.895 bits per heavy atom. The standard InChI is InChI=1S/C17H15NO/c1-10-4-6-12-14(8-10)18(3)16-13-7-5-11(2)9-15(13)19-17(12)16/h4-9H,1-3H3. The van der Waals surface area contributed by atoms with Crippen LogP contribution in [0.25, 0.3) is 33.0 Å². The SMILES string of the molecule is Cc1ccc2c(c1)oc1c3ccc(C)cc3n(C)c21. The molecule has 0 aliphatic rings. The van der Waals surface area contributed by atoms with E-state index >= 15 is 0 Å². The lowest BCUT2D eigenvalue weighted by molar-refractivity contribution is 0.672. The normalized spacial score (nSPS) is 11.9. The van der Waals surface area contributed by atoms with Crippen LogP contribution in [-0.4, -0.2) is 4.57 Å². The first kappa shape index (κ1) is 10.7. The van der Waals surface area contributed by atoms with Crippen LogP contribution in [0.4, 0.5) is 0 Å². The first-order valence-electron chi connectivity index (χ1n) is 6.53. The van der Waals surface area contributed by atoms with Gasteiger partial charge in [0.25, 0.3) is 0 Å². The monoisotopic (exact) mass is 249 g/mol. The van der Waals surface area contributed by atoms with Gasteiger partial charge >= 0.3 is 0 Å². The molecular weight excluding hydrogens is 234 g/mol. The highest BCUT2D eigenvalue weighted by Gasteiger charge is 2.15. The van der Waals surface area contributed by atoms with Gasteiger partial charge in [-0.25, -0.2) is 0 Å². The molecule has 2 aromatic carbocycles. The minimum atomic E-state index is 0.975. The van der Waals surface area contributed by atoms with Crippen molar-refractivity contribution in [3.8, 4) is 0 Å². The first-order chi connectivity index (χ1) is 9.15. The highest BCUT2D eigenvalue weighted by atomic mass is 16.3. The maximum absolute atomic E-state index is 6.09. The number of nitrogens with zero attached hydrogens (tertiary/aromatic N) is 1. The van der Waals surface area contributed by atoms with E-state index in [1.807, 2.05) is 0 Å². The van der Waals surface area contributed by atoms with E-state index in [0.29, 0.717) is 0 Å². The number of fused-ring (bicyclic) bond motifs is 5. The second-order valence-electron chi connectivity index (χ2n) is 5.36. The minimum Gasteiger partial charge on any atom is -0.454 e. The highest BCUT2D eigenvalue weighted by molar-refractivity contribution is 6.15. The van der Waals surface area contributed by atoms with Gasteiger partial charge in [0.1, 0.15) is 5.58 Å². The van der Waals surface area contributed by atoms with Gasteiger partial charge in [-0.1, -0.05) is 12.1 Å². The van der Waals surface area contributed by atoms with Gasteiger partial charge in [-0.2, -0.15) is 0 Å². The lowest BCUT2D eigenvalue weighted by Crippen LogP contribution is -1.87. The molecule has 4 aromatic rings. The molecule has 4 rings (SSSR count). The molecule has 2 nitrogen and oxygen atoms in total. The Morgan fingerprint density at radius 2 is 1.58 bits per heavy atom. The van der Waals surface area contributed by atoms with Crippen LogP contribution in [0.15, 0.2) is 40.8 Å². The molecule has 0 bridgehead atoms. The lowest BCUT2D eigenvalue weighted by atomic mass is 10.1. The van der Waals surface area contributed by atoms with Crippen molar-refractivity contribution >= 4 is 33.0 Å². The van der Waals surface area contributed by atoms with Crippen LogP contribution >= 0.6 is 0 Å². The number of benzene rings is 2. The molecule has 2 heterocycles. The summed E-state index contributed by atoms with van der Waals surface area (Å²) in [6.45, 7) is 4.21. The van der Waals surface area contributed by atoms with E-state index in [2.05, 4.69) is 61.9 Å². The van der Waals surface area contributed by atoms with Gasteiger partial charge in [0.15, 0.2) is 5.58 Å². The molecule has 0 amide bonds. The van der Waals surface area contributed by atoms with Gasteiger partial charge in [0.2, 0.25) is 0 Å². The Balaban J connectivity index is 2.29. The summed E-state index contributed by atoms with van der Waals surface area (Å²) in [4.78, 5) is 0. The highest BCUT2D eigenvalue weighted by Crippen LogP contribution is 2.36. The van der Waals surface area contributed by atoms with Crippen LogP contribution in [0.1, 0.15) is 11.1 Å². The van der Waals surface area contributed by atoms with Crippen molar-refractivity contribution in [3.63, 3.8) is 0 Å². The van der Waals surface area contributed by atoms with Gasteiger partial charge in [0, 0.05) is 17.8 Å². The zero-order valence-corrected chi connectivity index (χ0v) is 11.3. The summed E-state index contributed by atoms with van der Waals surface area (Å²) in [6.07, 6.45) is 0. The van der Waals surface area contributed by atoms with Crippen molar-refractivity contribution in [2.45, 2.75) is 13.8 Å². The Labute approximate surface area is 111 Å². The zero-order valence-electron chi connectivity index (χ0n) is 11.3. The molecule has 0 fully saturated rings. The number of aromatic nitrogens is 1. The van der Waals surface area contributed by atoms with Crippen LogP contribution in [0.5, 0.6) is 0 Å². The molecule has 0 radical (unpaired) electrons. The molecule has 19 heavy (non-hydrogen) atoms. The number of aryl methyl sites for hydroxylation is 3. The van der Waals surface area contributed by atoms with Crippen molar-refractivity contribution in [1.82, 2.24) is 4.57 Å². The summed E-state index contributed by atoms with van der Waals surface area (Å²) in [5.74, 6) is 0. The fourth-order valence-electron chi connectivity index (χ4n) is 2.94. The Bertz CT molecular complexity index is 934. The second-order valence-corrected chi connectivity index (χ2v) is 5.36. The quantitative estimate of drug-likeness (QED) is 0.442. The maximum Gasteiger partial charge on any atom is 0.161 e. The van der Waals surface area contributed by atoms with Crippen molar-refractivity contribution in [1.29, 1.82) is 0 Å². The zero-order chi connectivity index (χ0) is 13.1. The van der Waals surface area contributed by atoms with Gasteiger partial charge in [-0.15, -0.1) is 0 Å². The molecule has 0 spiro atoms. The largest absolute Gasteiger partial charge is 0.454 e. The van der Waals surface area contributed by atoms with E-state index in [0.717, 1.165) is 11.2 Å². The summed E-state index contributed by atoms with van der Waals surface area (Å²) >= 11 is 0. The van der Waals surface area contributed by atoms with Gasteiger partial charge in [0.05, 0.1) is 11.0 Å². The van der Waals surface area contributed by atoms with Crippen LogP contribution in [0, 0.1) is 13.8 Å². The third-order valence-electron chi connectivity index (χ3n) is 3.91. The van der Waals surface area contributed by atoms with Crippen LogP contribution in [-0.2, 0) is 7.05 Å². The smallest absolute Gasteiger partial charge is 0.161 e. The fourth-order valence-corrected chi connectivity index (χ4v) is 2.94. The third kappa shape index (κ3) is 1.31. The predicted octanol–water partition coefficient (Wildman–Crippen LogP) is 4.69. The van der Waals surface area contributed by atoms with Crippen molar-refractivity contribution < 1.29 is 4.42 Å². The summed E-state index contributed by atoms with van der Waals surface area (Å²) in [5.41, 5.74) is 6.90. The summed E-state index contributed by atoms with van der Waals surface area (Å²) in [7, 11) is 2.11. The Morgan fingerprint density at radius 3 is 2.37 bits per heavy atom. The second kappa shape index (κ2) is 3.41. The molecule has 0 saturated carbocycles. The van der Waals surface area contributed by atoms with E-state index in [9.17, 15) is 0 Å². The fraction of sp³-hybridized carbons (Fsp3) is 0.176. The summed E-state index contributed by atoms with van der Waals surface area (Å²) < 4.78 is 8.32. The maximum atomic E-state index is 6.09. The summed E-state index contributed by atoms with van der Waals surface area (Å²) in [6, 6.07) is 12.9. The number of hydrogen-bond donors (Lipinski definition) is 0. The van der Waals surface area contributed by atoms with E-state index < -0.39 is 0 Å². The molecular formula is C17H15NO. The van der Waals surface area contributed by atoms with E-state index in [4.69, 9.17) is 4.42 Å². The van der Waals surface area contributed by atoms with E-state index in [-0.39, 0.29) is 0 Å². The Kier molecular flexibility index (Phi) is 1.92. The van der Waals surface area contributed by atoms with Crippen LogP contribution in [0.3, 0.4) is 0 Å². The molecule has 0 N–H and O–H groups in total. The summed E-state index contributed by atoms with van der Waals surface area (Å²) in [5, 5.41) is 2.38. The van der Waals surface area contributed by atoms with Crippen molar-refractivity contribution in [3.05, 3.63) is 47.5 Å². The number of rotatable bonds is 0. The van der Waals surface area contributed by atoms with Gasteiger partial charge < -0.3 is 8.98 Å². The molecule has 0 unspecified atom stereocenters. The van der Waals surface area contributed by atoms with Crippen molar-refractivity contribution in [2.75, 3.05) is 0 Å². The molecule has 2 heteroatoms. The molecule has 0 saturated heterocycles. The predicted molar refractivity (Wildman–Crippen MR) is 79.7 cm³/mol. The first-order valence-corrected chi connectivity index (χ1v) is 6.53. The van der Waals surface area contributed by atoms with Gasteiger partial charge in [-0.3, -0.25) is 0 Å². The average molecular weight is 249 g/mol. The molecule has 0 aliphatic heterocycles. The topological polar surface area (TPSA) is 18.1 Å². The molecule has 94 valence electrons. The van der Waals surface area contributed by atoms with Crippen molar-refractivity contribution in [2.24, 2.45) is 7.05 Å². The van der Waals surface area contributed by atoms with Crippen LogP contribution in [0.2, 0.25) is 0 Å². The van der Waals surface area contributed by atoms with E-state index in [1.54, 1.807) is 0 Å². The molecule has 0 aliphatic carbocycles. The molecule has 2 aromatic heterocycles. The van der Waals surface area contributed by atoms with E-state index in [1.165, 1.54) is 32.9 Å². The third-order valence-corrected chi connectivity index (χ3v) is 3.91. The van der Waals surface area contributed by atoms with Crippen LogP contribution < -0.4 is 0 Å². The van der Waals surface area contributed by atoms with Gasteiger partial charge in [-0.05, 0) is 49.2 Å². The Hall–Kier alpha value is -2.22.